The van der Waals surface area contributed by atoms with Gasteiger partial charge in [-0.05, 0) is 31.2 Å². The van der Waals surface area contributed by atoms with Crippen LogP contribution in [0, 0.1) is 11.6 Å². The van der Waals surface area contributed by atoms with E-state index in [1.165, 1.54) is 25.3 Å². The zero-order valence-corrected chi connectivity index (χ0v) is 15.2. The van der Waals surface area contributed by atoms with E-state index in [0.717, 1.165) is 12.1 Å². The molecule has 0 aliphatic heterocycles. The van der Waals surface area contributed by atoms with Gasteiger partial charge in [0, 0.05) is 11.1 Å². The van der Waals surface area contributed by atoms with E-state index in [9.17, 15) is 13.6 Å². The molecular weight excluding hydrogens is 392 g/mol. The van der Waals surface area contributed by atoms with Crippen molar-refractivity contribution in [1.29, 1.82) is 0 Å². The number of nitrogen functional groups attached to an aromatic ring is 1. The Bertz CT molecular complexity index is 1050. The summed E-state index contributed by atoms with van der Waals surface area (Å²) >= 11 is 5.86. The molecule has 0 spiro atoms. The molecule has 0 aliphatic rings. The molecule has 1 atom stereocenters. The molecule has 3 rings (SSSR count). The molecule has 2 aromatic carbocycles. The fourth-order valence-electron chi connectivity index (χ4n) is 2.53. The van der Waals surface area contributed by atoms with E-state index in [1.54, 1.807) is 12.1 Å². The van der Waals surface area contributed by atoms with E-state index in [-0.39, 0.29) is 27.8 Å². The maximum absolute atomic E-state index is 14.1. The Balaban J connectivity index is 1.92. The smallest absolute Gasteiger partial charge is 0.335 e. The second-order valence-electron chi connectivity index (χ2n) is 5.85. The zero-order chi connectivity index (χ0) is 20.4. The number of rotatable bonds is 5. The number of aromatic nitrogens is 2. The molecule has 6 nitrogen and oxygen atoms in total. The molecule has 3 N–H and O–H groups in total. The summed E-state index contributed by atoms with van der Waals surface area (Å²) in [7, 11) is 0. The SMILES string of the molecule is CC(Oc1nc(-c2ccc(C(=O)O)cc2)cnc1N)c1c(F)ccc(F)c1Cl. The van der Waals surface area contributed by atoms with Crippen LogP contribution in [0.3, 0.4) is 0 Å². The number of nitrogens with two attached hydrogens (primary N) is 1. The van der Waals surface area contributed by atoms with Gasteiger partial charge in [0.05, 0.1) is 22.5 Å². The molecule has 0 saturated carbocycles. The van der Waals surface area contributed by atoms with E-state index < -0.39 is 23.7 Å². The average molecular weight is 406 g/mol. The predicted octanol–water partition coefficient (Wildman–Crippen LogP) is 4.50. The Morgan fingerprint density at radius 1 is 1.18 bits per heavy atom. The summed E-state index contributed by atoms with van der Waals surface area (Å²) in [6.45, 7) is 1.47. The second kappa shape index (κ2) is 7.77. The highest BCUT2D eigenvalue weighted by Crippen LogP contribution is 2.33. The molecule has 1 heterocycles. The van der Waals surface area contributed by atoms with Gasteiger partial charge in [-0.15, -0.1) is 0 Å². The largest absolute Gasteiger partial charge is 0.478 e. The Morgan fingerprint density at radius 2 is 1.82 bits per heavy atom. The topological polar surface area (TPSA) is 98.3 Å². The first-order valence-corrected chi connectivity index (χ1v) is 8.42. The Hall–Kier alpha value is -3.26. The maximum Gasteiger partial charge on any atom is 0.335 e. The molecule has 144 valence electrons. The van der Waals surface area contributed by atoms with Crippen molar-refractivity contribution in [2.75, 3.05) is 5.73 Å². The fourth-order valence-corrected chi connectivity index (χ4v) is 2.84. The number of aromatic carboxylic acids is 1. The normalized spacial score (nSPS) is 11.9. The number of hydrogen-bond acceptors (Lipinski definition) is 5. The lowest BCUT2D eigenvalue weighted by atomic mass is 10.1. The van der Waals surface area contributed by atoms with Gasteiger partial charge in [-0.3, -0.25) is 0 Å². The number of carboxylic acid groups (broad SMARTS) is 1. The van der Waals surface area contributed by atoms with Crippen LogP contribution in [0.15, 0.2) is 42.6 Å². The molecule has 0 radical (unpaired) electrons. The van der Waals surface area contributed by atoms with Gasteiger partial charge in [0.25, 0.3) is 5.88 Å². The summed E-state index contributed by atoms with van der Waals surface area (Å²) < 4.78 is 33.3. The number of benzene rings is 2. The standard InChI is InChI=1S/C19H14ClF2N3O3/c1-9(15-12(21)6-7-13(22)16(15)20)28-18-17(23)24-8-14(25-18)10-2-4-11(5-3-10)19(26)27/h2-9H,1H3,(H2,23,24)(H,26,27). The van der Waals surface area contributed by atoms with Gasteiger partial charge < -0.3 is 15.6 Å². The summed E-state index contributed by atoms with van der Waals surface area (Å²) in [6, 6.07) is 7.82. The van der Waals surface area contributed by atoms with E-state index in [4.69, 9.17) is 27.2 Å². The van der Waals surface area contributed by atoms with Crippen molar-refractivity contribution in [3.8, 4) is 17.1 Å². The summed E-state index contributed by atoms with van der Waals surface area (Å²) in [6.07, 6.45) is 0.391. The van der Waals surface area contributed by atoms with Gasteiger partial charge in [0.15, 0.2) is 5.82 Å². The number of nitrogens with zero attached hydrogens (tertiary/aromatic N) is 2. The Labute approximate surface area is 163 Å². The minimum absolute atomic E-state index is 0.0503. The highest BCUT2D eigenvalue weighted by molar-refractivity contribution is 6.31. The first-order valence-electron chi connectivity index (χ1n) is 8.04. The van der Waals surface area contributed by atoms with Crippen LogP contribution in [-0.4, -0.2) is 21.0 Å². The van der Waals surface area contributed by atoms with E-state index in [1.807, 2.05) is 0 Å². The monoisotopic (exact) mass is 405 g/mol. The third-order valence-corrected chi connectivity index (χ3v) is 4.35. The molecule has 0 saturated heterocycles. The van der Waals surface area contributed by atoms with Gasteiger partial charge in [0.1, 0.15) is 17.7 Å². The fraction of sp³-hybridized carbons (Fsp3) is 0.105. The Kier molecular flexibility index (Phi) is 5.41. The number of ether oxygens (including phenoxy) is 1. The molecule has 1 aromatic heterocycles. The van der Waals surface area contributed by atoms with E-state index in [2.05, 4.69) is 9.97 Å². The lowest BCUT2D eigenvalue weighted by molar-refractivity contribution is 0.0697. The van der Waals surface area contributed by atoms with E-state index >= 15 is 0 Å². The Morgan fingerprint density at radius 3 is 2.46 bits per heavy atom. The van der Waals surface area contributed by atoms with Gasteiger partial charge in [-0.2, -0.15) is 0 Å². The third kappa shape index (κ3) is 3.86. The van der Waals surface area contributed by atoms with Gasteiger partial charge >= 0.3 is 5.97 Å². The van der Waals surface area contributed by atoms with Gasteiger partial charge in [-0.25, -0.2) is 23.5 Å². The zero-order valence-electron chi connectivity index (χ0n) is 14.5. The van der Waals surface area contributed by atoms with Crippen molar-refractivity contribution < 1.29 is 23.4 Å². The molecule has 1 unspecified atom stereocenters. The highest BCUT2D eigenvalue weighted by atomic mass is 35.5. The lowest BCUT2D eigenvalue weighted by Crippen LogP contribution is -2.10. The van der Waals surface area contributed by atoms with Crippen molar-refractivity contribution in [2.24, 2.45) is 0 Å². The van der Waals surface area contributed by atoms with Crippen molar-refractivity contribution >= 4 is 23.4 Å². The lowest BCUT2D eigenvalue weighted by Gasteiger charge is -2.18. The highest BCUT2D eigenvalue weighted by Gasteiger charge is 2.21. The summed E-state index contributed by atoms with van der Waals surface area (Å²) in [5, 5.41) is 8.58. The number of halogens is 3. The van der Waals surface area contributed by atoms with Crippen molar-refractivity contribution in [1.82, 2.24) is 9.97 Å². The van der Waals surface area contributed by atoms with Crippen LogP contribution in [-0.2, 0) is 0 Å². The molecule has 0 fully saturated rings. The van der Waals surface area contributed by atoms with Crippen LogP contribution in [0.1, 0.15) is 28.9 Å². The number of carboxylic acids is 1. The second-order valence-corrected chi connectivity index (χ2v) is 6.22. The van der Waals surface area contributed by atoms with Crippen molar-refractivity contribution in [3.63, 3.8) is 0 Å². The molecule has 0 aliphatic carbocycles. The van der Waals surface area contributed by atoms with E-state index in [0.29, 0.717) is 11.3 Å². The van der Waals surface area contributed by atoms with Crippen LogP contribution in [0.25, 0.3) is 11.3 Å². The predicted molar refractivity (Wildman–Crippen MR) is 99.3 cm³/mol. The number of anilines is 1. The minimum atomic E-state index is -1.05. The molecule has 0 amide bonds. The van der Waals surface area contributed by atoms with Crippen LogP contribution >= 0.6 is 11.6 Å². The summed E-state index contributed by atoms with van der Waals surface area (Å²) in [4.78, 5) is 19.2. The molecule has 28 heavy (non-hydrogen) atoms. The van der Waals surface area contributed by atoms with Crippen molar-refractivity contribution in [3.05, 3.63) is 70.4 Å². The first kappa shape index (κ1) is 19.5. The van der Waals surface area contributed by atoms with Gasteiger partial charge in [0.2, 0.25) is 0 Å². The number of hydrogen-bond donors (Lipinski definition) is 2. The summed E-state index contributed by atoms with van der Waals surface area (Å²) in [5.74, 6) is -2.70. The van der Waals surface area contributed by atoms with Crippen LogP contribution in [0.4, 0.5) is 14.6 Å². The molecule has 0 bridgehead atoms. The third-order valence-electron chi connectivity index (χ3n) is 3.97. The van der Waals surface area contributed by atoms with Gasteiger partial charge in [-0.1, -0.05) is 23.7 Å². The molecule has 3 aromatic rings. The number of carbonyl (C=O) groups is 1. The maximum atomic E-state index is 14.1. The summed E-state index contributed by atoms with van der Waals surface area (Å²) in [5.41, 5.74) is 6.67. The minimum Gasteiger partial charge on any atom is -0.478 e. The van der Waals surface area contributed by atoms with Crippen molar-refractivity contribution in [2.45, 2.75) is 13.0 Å². The quantitative estimate of drug-likeness (QED) is 0.606. The first-order chi connectivity index (χ1) is 13.3. The van der Waals surface area contributed by atoms with Crippen LogP contribution < -0.4 is 10.5 Å². The average Bonchev–Trinajstić information content (AvgIpc) is 2.67. The molecule has 9 heteroatoms. The van der Waals surface area contributed by atoms with Crippen LogP contribution in [0.5, 0.6) is 5.88 Å². The molecular formula is C19H14ClF2N3O3. The van der Waals surface area contributed by atoms with Crippen LogP contribution in [0.2, 0.25) is 5.02 Å².